The van der Waals surface area contributed by atoms with E-state index >= 15 is 0 Å². The van der Waals surface area contributed by atoms with Crippen LogP contribution in [0.5, 0.6) is 5.75 Å². The minimum absolute atomic E-state index is 0.322. The summed E-state index contributed by atoms with van der Waals surface area (Å²) in [4.78, 5) is 14.2. The van der Waals surface area contributed by atoms with E-state index in [2.05, 4.69) is 5.32 Å². The molecule has 0 fully saturated rings. The first kappa shape index (κ1) is 16.3. The van der Waals surface area contributed by atoms with Crippen LogP contribution in [0.1, 0.15) is 25.5 Å². The second kappa shape index (κ2) is 6.79. The van der Waals surface area contributed by atoms with Crippen LogP contribution < -0.4 is 10.1 Å². The summed E-state index contributed by atoms with van der Waals surface area (Å²) in [6.45, 7) is 3.97. The number of methoxy groups -OCH3 is 1. The molecular formula is C16H20N2O3S. The van der Waals surface area contributed by atoms with Gasteiger partial charge in [-0.05, 0) is 32.1 Å². The Morgan fingerprint density at radius 2 is 2.09 bits per heavy atom. The highest BCUT2D eigenvalue weighted by Gasteiger charge is 2.34. The van der Waals surface area contributed by atoms with E-state index < -0.39 is 0 Å². The molecule has 1 aromatic carbocycles. The smallest absolute Gasteiger partial charge is 0.338 e. The lowest BCUT2D eigenvalue weighted by atomic mass is 9.94. The Morgan fingerprint density at radius 3 is 2.73 bits per heavy atom. The largest absolute Gasteiger partial charge is 0.496 e. The summed E-state index contributed by atoms with van der Waals surface area (Å²) >= 11 is 5.35. The van der Waals surface area contributed by atoms with Gasteiger partial charge in [0.2, 0.25) is 0 Å². The third kappa shape index (κ3) is 2.92. The van der Waals surface area contributed by atoms with Crippen molar-refractivity contribution in [2.45, 2.75) is 19.9 Å². The van der Waals surface area contributed by atoms with Crippen LogP contribution in [0.25, 0.3) is 0 Å². The molecule has 0 aliphatic carbocycles. The zero-order valence-corrected chi connectivity index (χ0v) is 14.0. The Labute approximate surface area is 135 Å². The van der Waals surface area contributed by atoms with Crippen molar-refractivity contribution in [2.75, 3.05) is 20.8 Å². The molecule has 1 aromatic rings. The SMILES string of the molecule is CCOC(=O)C1=C(C)N(C)C(=S)NC1c1ccccc1OC. The molecule has 1 atom stereocenters. The number of hydrogen-bond donors (Lipinski definition) is 1. The lowest BCUT2D eigenvalue weighted by Crippen LogP contribution is -2.46. The van der Waals surface area contributed by atoms with Gasteiger partial charge >= 0.3 is 5.97 Å². The summed E-state index contributed by atoms with van der Waals surface area (Å²) in [7, 11) is 3.43. The predicted octanol–water partition coefficient (Wildman–Crippen LogP) is 2.39. The molecule has 0 amide bonds. The van der Waals surface area contributed by atoms with Crippen molar-refractivity contribution >= 4 is 23.3 Å². The van der Waals surface area contributed by atoms with Crippen LogP contribution >= 0.6 is 12.2 Å². The van der Waals surface area contributed by atoms with Gasteiger partial charge in [-0.15, -0.1) is 0 Å². The van der Waals surface area contributed by atoms with Crippen molar-refractivity contribution in [3.05, 3.63) is 41.1 Å². The molecule has 0 spiro atoms. The fourth-order valence-electron chi connectivity index (χ4n) is 2.45. The molecule has 0 bridgehead atoms. The van der Waals surface area contributed by atoms with E-state index in [4.69, 9.17) is 21.7 Å². The molecule has 22 heavy (non-hydrogen) atoms. The number of thiocarbonyl (C=S) groups is 1. The van der Waals surface area contributed by atoms with Gasteiger partial charge in [-0.3, -0.25) is 0 Å². The van der Waals surface area contributed by atoms with Crippen molar-refractivity contribution in [3.8, 4) is 5.75 Å². The van der Waals surface area contributed by atoms with Crippen LogP contribution in [-0.4, -0.2) is 36.7 Å². The summed E-state index contributed by atoms with van der Waals surface area (Å²) in [5.41, 5.74) is 2.17. The first-order valence-corrected chi connectivity index (χ1v) is 7.47. The lowest BCUT2D eigenvalue weighted by Gasteiger charge is -2.35. The third-order valence-electron chi connectivity index (χ3n) is 3.70. The summed E-state index contributed by atoms with van der Waals surface area (Å²) in [5.74, 6) is 0.347. The van der Waals surface area contributed by atoms with Gasteiger partial charge in [-0.1, -0.05) is 18.2 Å². The van der Waals surface area contributed by atoms with Gasteiger partial charge in [0.25, 0.3) is 0 Å². The molecule has 1 N–H and O–H groups in total. The van der Waals surface area contributed by atoms with Gasteiger partial charge in [-0.25, -0.2) is 4.79 Å². The van der Waals surface area contributed by atoms with Crippen LogP contribution in [0.3, 0.4) is 0 Å². The number of carbonyl (C=O) groups excluding carboxylic acids is 1. The van der Waals surface area contributed by atoms with E-state index in [1.54, 1.807) is 18.9 Å². The molecule has 1 aliphatic heterocycles. The highest BCUT2D eigenvalue weighted by atomic mass is 32.1. The van der Waals surface area contributed by atoms with E-state index in [1.165, 1.54) is 0 Å². The quantitative estimate of drug-likeness (QED) is 0.679. The number of carbonyl (C=O) groups is 1. The zero-order valence-electron chi connectivity index (χ0n) is 13.2. The first-order valence-electron chi connectivity index (χ1n) is 7.06. The van der Waals surface area contributed by atoms with Crippen LogP contribution in [0, 0.1) is 0 Å². The standard InChI is InChI=1S/C16H20N2O3S/c1-5-21-15(19)13-10(2)18(3)16(22)17-14(13)11-8-6-7-9-12(11)20-4/h6-9,14H,5H2,1-4H3,(H,17,22). The molecule has 2 rings (SSSR count). The Kier molecular flexibility index (Phi) is 5.03. The minimum atomic E-state index is -0.390. The van der Waals surface area contributed by atoms with Gasteiger partial charge in [-0.2, -0.15) is 0 Å². The van der Waals surface area contributed by atoms with Gasteiger partial charge < -0.3 is 19.7 Å². The predicted molar refractivity (Wildman–Crippen MR) is 88.6 cm³/mol. The highest BCUT2D eigenvalue weighted by molar-refractivity contribution is 7.80. The van der Waals surface area contributed by atoms with Crippen molar-refractivity contribution < 1.29 is 14.3 Å². The summed E-state index contributed by atoms with van der Waals surface area (Å²) in [5, 5.41) is 3.75. The Morgan fingerprint density at radius 1 is 1.41 bits per heavy atom. The molecule has 0 saturated carbocycles. The van der Waals surface area contributed by atoms with Crippen LogP contribution in [0.4, 0.5) is 0 Å². The topological polar surface area (TPSA) is 50.8 Å². The Balaban J connectivity index is 2.56. The average Bonchev–Trinajstić information content (AvgIpc) is 2.52. The maximum atomic E-state index is 12.4. The molecule has 118 valence electrons. The number of rotatable bonds is 4. The van der Waals surface area contributed by atoms with Crippen LogP contribution in [0.2, 0.25) is 0 Å². The van der Waals surface area contributed by atoms with Crippen LogP contribution in [-0.2, 0) is 9.53 Å². The molecule has 1 heterocycles. The normalized spacial score (nSPS) is 18.1. The molecular weight excluding hydrogens is 300 g/mol. The second-order valence-electron chi connectivity index (χ2n) is 4.90. The summed E-state index contributed by atoms with van der Waals surface area (Å²) in [6.07, 6.45) is 0. The number of benzene rings is 1. The van der Waals surface area contributed by atoms with Gasteiger partial charge in [0.1, 0.15) is 5.75 Å². The molecule has 1 unspecified atom stereocenters. The Bertz CT molecular complexity index is 628. The number of para-hydroxylation sites is 1. The summed E-state index contributed by atoms with van der Waals surface area (Å²) in [6, 6.07) is 7.17. The second-order valence-corrected chi connectivity index (χ2v) is 5.29. The minimum Gasteiger partial charge on any atom is -0.496 e. The van der Waals surface area contributed by atoms with E-state index in [0.717, 1.165) is 11.3 Å². The molecule has 1 aliphatic rings. The van der Waals surface area contributed by atoms with E-state index in [-0.39, 0.29) is 12.0 Å². The Hall–Kier alpha value is -2.08. The number of nitrogens with one attached hydrogen (secondary N) is 1. The van der Waals surface area contributed by atoms with Gasteiger partial charge in [0.05, 0.1) is 25.3 Å². The lowest BCUT2D eigenvalue weighted by molar-refractivity contribution is -0.139. The van der Waals surface area contributed by atoms with Gasteiger partial charge in [0.15, 0.2) is 5.11 Å². The van der Waals surface area contributed by atoms with E-state index in [1.807, 2.05) is 38.2 Å². The van der Waals surface area contributed by atoms with Crippen molar-refractivity contribution in [3.63, 3.8) is 0 Å². The van der Waals surface area contributed by atoms with E-state index in [0.29, 0.717) is 23.0 Å². The molecule has 5 nitrogen and oxygen atoms in total. The average molecular weight is 320 g/mol. The zero-order chi connectivity index (χ0) is 16.3. The van der Waals surface area contributed by atoms with Crippen molar-refractivity contribution in [1.29, 1.82) is 0 Å². The van der Waals surface area contributed by atoms with Crippen LogP contribution in [0.15, 0.2) is 35.5 Å². The number of allylic oxidation sites excluding steroid dienone is 1. The summed E-state index contributed by atoms with van der Waals surface area (Å²) < 4.78 is 10.6. The molecule has 0 aromatic heterocycles. The molecule has 0 saturated heterocycles. The fourth-order valence-corrected chi connectivity index (χ4v) is 2.70. The number of ether oxygens (including phenoxy) is 2. The maximum Gasteiger partial charge on any atom is 0.338 e. The van der Waals surface area contributed by atoms with Crippen molar-refractivity contribution in [2.24, 2.45) is 0 Å². The number of esters is 1. The van der Waals surface area contributed by atoms with Crippen molar-refractivity contribution in [1.82, 2.24) is 10.2 Å². The number of nitrogens with zero attached hydrogens (tertiary/aromatic N) is 1. The fraction of sp³-hybridized carbons (Fsp3) is 0.375. The highest BCUT2D eigenvalue weighted by Crippen LogP contribution is 2.35. The van der Waals surface area contributed by atoms with E-state index in [9.17, 15) is 4.79 Å². The maximum absolute atomic E-state index is 12.4. The third-order valence-corrected chi connectivity index (χ3v) is 4.09. The molecule has 0 radical (unpaired) electrons. The monoisotopic (exact) mass is 320 g/mol. The number of hydrogen-bond acceptors (Lipinski definition) is 4. The van der Waals surface area contributed by atoms with Gasteiger partial charge in [0, 0.05) is 18.3 Å². The molecule has 6 heteroatoms. The first-order chi connectivity index (χ1) is 10.5.